The average molecular weight is 439 g/mol. The number of carbonyl (C=O) groups excluding carboxylic acids is 2. The summed E-state index contributed by atoms with van der Waals surface area (Å²) in [5.41, 5.74) is 2.58. The zero-order chi connectivity index (χ0) is 23.4. The molecule has 2 aromatic rings. The maximum absolute atomic E-state index is 12.9. The van der Waals surface area contributed by atoms with Crippen molar-refractivity contribution in [3.8, 4) is 17.2 Å². The van der Waals surface area contributed by atoms with Crippen molar-refractivity contribution in [2.75, 3.05) is 0 Å². The number of hydrogen-bond acceptors (Lipinski definition) is 5. The Morgan fingerprint density at radius 1 is 0.906 bits per heavy atom. The normalized spacial score (nSPS) is 12.3. The van der Waals surface area contributed by atoms with Gasteiger partial charge in [-0.25, -0.2) is 9.59 Å². The van der Waals surface area contributed by atoms with Gasteiger partial charge < -0.3 is 14.6 Å². The topological polar surface area (TPSA) is 89.9 Å². The highest BCUT2D eigenvalue weighted by Crippen LogP contribution is 2.44. The molecular formula is C26H30O6. The molecule has 1 aliphatic rings. The number of carboxylic acid groups (broad SMARTS) is 1. The van der Waals surface area contributed by atoms with Crippen molar-refractivity contribution in [2.45, 2.75) is 72.6 Å². The summed E-state index contributed by atoms with van der Waals surface area (Å²) in [7, 11) is 0. The van der Waals surface area contributed by atoms with Crippen molar-refractivity contribution in [2.24, 2.45) is 0 Å². The SMILES string of the molecule is CCCCCc1c2c(cc(C)c1C(=O)O)OC(=O)c1cc(C(=O)CCCC)c(C)cc1O2. The number of aryl methyl sites for hydroxylation is 2. The molecule has 1 heterocycles. The van der Waals surface area contributed by atoms with Crippen LogP contribution in [0.4, 0.5) is 0 Å². The van der Waals surface area contributed by atoms with E-state index in [-0.39, 0.29) is 34.2 Å². The van der Waals surface area contributed by atoms with E-state index in [2.05, 4.69) is 6.92 Å². The summed E-state index contributed by atoms with van der Waals surface area (Å²) in [5.74, 6) is -0.937. The molecule has 0 amide bonds. The number of hydrogen-bond donors (Lipinski definition) is 1. The number of carbonyl (C=O) groups is 3. The third-order valence-electron chi connectivity index (χ3n) is 5.80. The van der Waals surface area contributed by atoms with Crippen LogP contribution >= 0.6 is 0 Å². The lowest BCUT2D eigenvalue weighted by atomic mass is 9.95. The van der Waals surface area contributed by atoms with E-state index in [4.69, 9.17) is 9.47 Å². The molecule has 170 valence electrons. The lowest BCUT2D eigenvalue weighted by Crippen LogP contribution is -2.11. The van der Waals surface area contributed by atoms with Crippen LogP contribution in [0.25, 0.3) is 0 Å². The molecule has 0 aromatic heterocycles. The first-order chi connectivity index (χ1) is 15.3. The zero-order valence-electron chi connectivity index (χ0n) is 19.2. The number of aromatic carboxylic acids is 1. The third-order valence-corrected chi connectivity index (χ3v) is 5.80. The molecule has 6 nitrogen and oxygen atoms in total. The van der Waals surface area contributed by atoms with Gasteiger partial charge in [-0.15, -0.1) is 0 Å². The van der Waals surface area contributed by atoms with Gasteiger partial charge >= 0.3 is 11.9 Å². The second-order valence-corrected chi connectivity index (χ2v) is 8.32. The minimum atomic E-state index is -1.04. The Kier molecular flexibility index (Phi) is 7.33. The van der Waals surface area contributed by atoms with Gasteiger partial charge in [0, 0.05) is 17.5 Å². The summed E-state index contributed by atoms with van der Waals surface area (Å²) in [6, 6.07) is 4.74. The number of carboxylic acids is 1. The van der Waals surface area contributed by atoms with Gasteiger partial charge in [-0.1, -0.05) is 33.1 Å². The summed E-state index contributed by atoms with van der Waals surface area (Å²) in [5, 5.41) is 9.83. The lowest BCUT2D eigenvalue weighted by Gasteiger charge is -2.17. The molecule has 1 aliphatic heterocycles. The third kappa shape index (κ3) is 4.69. The summed E-state index contributed by atoms with van der Waals surface area (Å²) in [4.78, 5) is 37.6. The Morgan fingerprint density at radius 2 is 1.59 bits per heavy atom. The van der Waals surface area contributed by atoms with Crippen LogP contribution in [0.5, 0.6) is 17.2 Å². The van der Waals surface area contributed by atoms with E-state index in [1.165, 1.54) is 6.07 Å². The fraction of sp³-hybridized carbons (Fsp3) is 0.423. The first kappa shape index (κ1) is 23.5. The number of esters is 1. The van der Waals surface area contributed by atoms with Crippen molar-refractivity contribution >= 4 is 17.7 Å². The predicted molar refractivity (Wildman–Crippen MR) is 121 cm³/mol. The van der Waals surface area contributed by atoms with Crippen LogP contribution < -0.4 is 9.47 Å². The van der Waals surface area contributed by atoms with Crippen molar-refractivity contribution in [1.29, 1.82) is 0 Å². The van der Waals surface area contributed by atoms with Crippen molar-refractivity contribution in [3.63, 3.8) is 0 Å². The number of rotatable bonds is 9. The molecule has 0 saturated heterocycles. The maximum atomic E-state index is 12.9. The number of Topliss-reactive ketones (excluding diaryl/α,β-unsaturated/α-hetero) is 1. The van der Waals surface area contributed by atoms with E-state index in [0.717, 1.165) is 32.1 Å². The Morgan fingerprint density at radius 3 is 2.25 bits per heavy atom. The number of benzene rings is 2. The average Bonchev–Trinajstić information content (AvgIpc) is 2.86. The molecule has 3 rings (SSSR count). The number of unbranched alkanes of at least 4 members (excludes halogenated alkanes) is 3. The summed E-state index contributed by atoms with van der Waals surface area (Å²) in [6.07, 6.45) is 5.32. The van der Waals surface area contributed by atoms with Gasteiger partial charge in [0.1, 0.15) is 11.3 Å². The summed E-state index contributed by atoms with van der Waals surface area (Å²) >= 11 is 0. The van der Waals surface area contributed by atoms with E-state index in [1.807, 2.05) is 6.92 Å². The van der Waals surface area contributed by atoms with Gasteiger partial charge in [0.2, 0.25) is 0 Å². The molecule has 0 radical (unpaired) electrons. The van der Waals surface area contributed by atoms with Crippen LogP contribution in [0, 0.1) is 13.8 Å². The van der Waals surface area contributed by atoms with E-state index in [1.54, 1.807) is 26.0 Å². The van der Waals surface area contributed by atoms with Crippen molar-refractivity contribution < 1.29 is 29.0 Å². The van der Waals surface area contributed by atoms with E-state index in [9.17, 15) is 19.5 Å². The molecule has 0 fully saturated rings. The van der Waals surface area contributed by atoms with E-state index in [0.29, 0.717) is 35.1 Å². The van der Waals surface area contributed by atoms with Gasteiger partial charge in [0.15, 0.2) is 17.3 Å². The fourth-order valence-electron chi connectivity index (χ4n) is 4.07. The molecule has 0 aliphatic carbocycles. The van der Waals surface area contributed by atoms with Crippen LogP contribution in [-0.4, -0.2) is 22.8 Å². The zero-order valence-corrected chi connectivity index (χ0v) is 19.2. The first-order valence-corrected chi connectivity index (χ1v) is 11.3. The molecule has 0 unspecified atom stereocenters. The van der Waals surface area contributed by atoms with Gasteiger partial charge in [-0.3, -0.25) is 4.79 Å². The Bertz CT molecular complexity index is 1070. The summed E-state index contributed by atoms with van der Waals surface area (Å²) in [6.45, 7) is 7.59. The minimum Gasteiger partial charge on any atom is -0.478 e. The molecule has 0 bridgehead atoms. The van der Waals surface area contributed by atoms with Crippen molar-refractivity contribution in [3.05, 3.63) is 51.6 Å². The van der Waals surface area contributed by atoms with E-state index < -0.39 is 11.9 Å². The highest BCUT2D eigenvalue weighted by Gasteiger charge is 2.30. The Balaban J connectivity index is 2.12. The molecule has 1 N–H and O–H groups in total. The van der Waals surface area contributed by atoms with Crippen LogP contribution in [0.2, 0.25) is 0 Å². The molecule has 0 saturated carbocycles. The monoisotopic (exact) mass is 438 g/mol. The van der Waals surface area contributed by atoms with Gasteiger partial charge in [-0.2, -0.15) is 0 Å². The number of fused-ring (bicyclic) bond motifs is 2. The molecular weight excluding hydrogens is 408 g/mol. The smallest absolute Gasteiger partial charge is 0.347 e. The van der Waals surface area contributed by atoms with Gasteiger partial charge in [-0.05, 0) is 62.4 Å². The van der Waals surface area contributed by atoms with E-state index >= 15 is 0 Å². The Labute approximate surface area is 188 Å². The number of ether oxygens (including phenoxy) is 2. The standard InChI is InChI=1S/C26H30O6/c1-5-7-9-10-17-23(25(28)29)16(4)13-22-24(17)31-21-12-15(3)18(20(27)11-8-6-2)14-19(21)26(30)32-22/h12-14H,5-11H2,1-4H3,(H,28,29). The Hall–Kier alpha value is -3.15. The highest BCUT2D eigenvalue weighted by molar-refractivity contribution is 6.03. The molecule has 32 heavy (non-hydrogen) atoms. The molecule has 2 aromatic carbocycles. The maximum Gasteiger partial charge on any atom is 0.347 e. The fourth-order valence-corrected chi connectivity index (χ4v) is 4.07. The second-order valence-electron chi connectivity index (χ2n) is 8.32. The minimum absolute atomic E-state index is 0.0222. The highest BCUT2D eigenvalue weighted by atomic mass is 16.6. The van der Waals surface area contributed by atoms with Crippen LogP contribution in [0.1, 0.15) is 100 Å². The number of ketones is 1. The molecule has 0 atom stereocenters. The molecule has 0 spiro atoms. The van der Waals surface area contributed by atoms with Gasteiger partial charge in [0.25, 0.3) is 0 Å². The van der Waals surface area contributed by atoms with Gasteiger partial charge in [0.05, 0.1) is 5.56 Å². The van der Waals surface area contributed by atoms with Crippen molar-refractivity contribution in [1.82, 2.24) is 0 Å². The molecule has 6 heteroatoms. The first-order valence-electron chi connectivity index (χ1n) is 11.3. The second kappa shape index (κ2) is 9.98. The van der Waals surface area contributed by atoms with Crippen LogP contribution in [0.15, 0.2) is 18.2 Å². The van der Waals surface area contributed by atoms with Crippen LogP contribution in [-0.2, 0) is 6.42 Å². The summed E-state index contributed by atoms with van der Waals surface area (Å²) < 4.78 is 11.8. The largest absolute Gasteiger partial charge is 0.478 e. The van der Waals surface area contributed by atoms with Crippen LogP contribution in [0.3, 0.4) is 0 Å². The predicted octanol–water partition coefficient (Wildman–Crippen LogP) is 6.43. The lowest BCUT2D eigenvalue weighted by molar-refractivity contribution is 0.0693. The quantitative estimate of drug-likeness (QED) is 0.210.